The van der Waals surface area contributed by atoms with Gasteiger partial charge in [-0.3, -0.25) is 0 Å². The Balaban J connectivity index is 2.14. The van der Waals surface area contributed by atoms with Crippen LogP contribution in [0, 0.1) is 5.82 Å². The van der Waals surface area contributed by atoms with Crippen molar-refractivity contribution in [3.05, 3.63) is 65.5 Å². The minimum atomic E-state index is -3.67. The molecule has 1 atom stereocenters. The van der Waals surface area contributed by atoms with Crippen molar-refractivity contribution in [2.45, 2.75) is 24.3 Å². The Morgan fingerprint density at radius 1 is 1.04 bits per heavy atom. The highest BCUT2D eigenvalue weighted by atomic mass is 32.2. The van der Waals surface area contributed by atoms with Gasteiger partial charge in [-0.25, -0.2) is 17.5 Å². The minimum Gasteiger partial charge on any atom is -0.301 e. The Morgan fingerprint density at radius 2 is 1.62 bits per heavy atom. The molecule has 0 radical (unpaired) electrons. The molecule has 0 aliphatic carbocycles. The van der Waals surface area contributed by atoms with Gasteiger partial charge in [0.2, 0.25) is 10.0 Å². The third kappa shape index (κ3) is 4.63. The topological polar surface area (TPSA) is 49.4 Å². The van der Waals surface area contributed by atoms with Crippen LogP contribution in [0.4, 0.5) is 4.39 Å². The number of halogens is 1. The fourth-order valence-electron chi connectivity index (χ4n) is 2.46. The number of benzene rings is 2. The fourth-order valence-corrected chi connectivity index (χ4v) is 3.50. The number of sulfonamides is 1. The first-order valence-electron chi connectivity index (χ1n) is 7.84. The van der Waals surface area contributed by atoms with Crippen LogP contribution < -0.4 is 4.72 Å². The van der Waals surface area contributed by atoms with Crippen LogP contribution in [0.1, 0.15) is 24.1 Å². The molecule has 0 amide bonds. The van der Waals surface area contributed by atoms with Crippen LogP contribution in [0.3, 0.4) is 0 Å². The Bertz CT molecular complexity index is 757. The number of rotatable bonds is 7. The van der Waals surface area contributed by atoms with Gasteiger partial charge in [-0.05, 0) is 55.9 Å². The normalized spacial score (nSPS) is 13.2. The number of hydrogen-bond donors (Lipinski definition) is 1. The van der Waals surface area contributed by atoms with E-state index in [0.29, 0.717) is 0 Å². The highest BCUT2D eigenvalue weighted by Gasteiger charge is 2.19. The fraction of sp³-hybridized carbons (Fsp3) is 0.333. The average molecular weight is 350 g/mol. The van der Waals surface area contributed by atoms with Gasteiger partial charge in [0.25, 0.3) is 0 Å². The summed E-state index contributed by atoms with van der Waals surface area (Å²) in [4.78, 5) is 2.02. The Morgan fingerprint density at radius 3 is 2.12 bits per heavy atom. The number of aryl methyl sites for hydroxylation is 1. The maximum absolute atomic E-state index is 13.0. The molecule has 6 heteroatoms. The standard InChI is InChI=1S/C18H23FN2O2S/c1-4-14-5-7-15(8-6-14)18(21(2)3)13-20-24(22,23)17-11-9-16(19)10-12-17/h5-12,18,20H,4,13H2,1-3H3. The summed E-state index contributed by atoms with van der Waals surface area (Å²) in [5.41, 5.74) is 2.28. The lowest BCUT2D eigenvalue weighted by Gasteiger charge is -2.25. The van der Waals surface area contributed by atoms with Crippen LogP contribution in [-0.2, 0) is 16.4 Å². The van der Waals surface area contributed by atoms with Crippen LogP contribution in [-0.4, -0.2) is 34.0 Å². The summed E-state index contributed by atoms with van der Waals surface area (Å²) in [5.74, 6) is -0.462. The van der Waals surface area contributed by atoms with Gasteiger partial charge >= 0.3 is 0 Å². The van der Waals surface area contributed by atoms with Gasteiger partial charge in [0.15, 0.2) is 0 Å². The molecule has 0 saturated heterocycles. The molecule has 0 heterocycles. The summed E-state index contributed by atoms with van der Waals surface area (Å²) in [6, 6.07) is 12.9. The Kier molecular flexibility index (Phi) is 6.10. The van der Waals surface area contributed by atoms with E-state index in [9.17, 15) is 12.8 Å². The van der Waals surface area contributed by atoms with Gasteiger partial charge in [-0.1, -0.05) is 31.2 Å². The van der Waals surface area contributed by atoms with Crippen LogP contribution in [0.15, 0.2) is 53.4 Å². The molecule has 0 fully saturated rings. The summed E-state index contributed by atoms with van der Waals surface area (Å²) >= 11 is 0. The molecule has 0 spiro atoms. The molecular formula is C18H23FN2O2S. The first-order chi connectivity index (χ1) is 11.3. The highest BCUT2D eigenvalue weighted by Crippen LogP contribution is 2.19. The minimum absolute atomic E-state index is 0.0581. The van der Waals surface area contributed by atoms with E-state index in [1.165, 1.54) is 17.7 Å². The molecule has 2 aromatic carbocycles. The third-order valence-electron chi connectivity index (χ3n) is 3.99. The molecule has 0 aromatic heterocycles. The van der Waals surface area contributed by atoms with Crippen LogP contribution >= 0.6 is 0 Å². The van der Waals surface area contributed by atoms with Gasteiger partial charge in [0.1, 0.15) is 5.82 Å². The van der Waals surface area contributed by atoms with E-state index in [1.807, 2.05) is 31.1 Å². The zero-order valence-electron chi connectivity index (χ0n) is 14.2. The quantitative estimate of drug-likeness (QED) is 0.835. The summed E-state index contributed by atoms with van der Waals surface area (Å²) in [7, 11) is 0.145. The Labute approximate surface area is 143 Å². The summed E-state index contributed by atoms with van der Waals surface area (Å²) in [5, 5.41) is 0. The number of nitrogens with zero attached hydrogens (tertiary/aromatic N) is 1. The van der Waals surface area contributed by atoms with E-state index in [2.05, 4.69) is 23.8 Å². The highest BCUT2D eigenvalue weighted by molar-refractivity contribution is 7.89. The Hall–Kier alpha value is -1.76. The number of likely N-dealkylation sites (N-methyl/N-ethyl adjacent to an activating group) is 1. The SMILES string of the molecule is CCc1ccc(C(CNS(=O)(=O)c2ccc(F)cc2)N(C)C)cc1. The van der Waals surface area contributed by atoms with Gasteiger partial charge < -0.3 is 4.90 Å². The number of hydrogen-bond acceptors (Lipinski definition) is 3. The van der Waals surface area contributed by atoms with E-state index >= 15 is 0 Å². The van der Waals surface area contributed by atoms with Crippen molar-refractivity contribution in [1.29, 1.82) is 0 Å². The predicted molar refractivity (Wildman–Crippen MR) is 93.8 cm³/mol. The smallest absolute Gasteiger partial charge is 0.240 e. The lowest BCUT2D eigenvalue weighted by molar-refractivity contribution is 0.299. The van der Waals surface area contributed by atoms with Crippen molar-refractivity contribution in [2.75, 3.05) is 20.6 Å². The zero-order valence-corrected chi connectivity index (χ0v) is 15.0. The molecule has 0 bridgehead atoms. The molecule has 130 valence electrons. The molecule has 0 aliphatic heterocycles. The van der Waals surface area contributed by atoms with Gasteiger partial charge in [-0.15, -0.1) is 0 Å². The van der Waals surface area contributed by atoms with Crippen molar-refractivity contribution >= 4 is 10.0 Å². The summed E-state index contributed by atoms with van der Waals surface area (Å²) < 4.78 is 40.3. The number of nitrogens with one attached hydrogen (secondary N) is 1. The predicted octanol–water partition coefficient (Wildman–Crippen LogP) is 2.97. The molecular weight excluding hydrogens is 327 g/mol. The second kappa shape index (κ2) is 7.88. The second-order valence-electron chi connectivity index (χ2n) is 5.88. The molecule has 0 aliphatic rings. The molecule has 2 aromatic rings. The molecule has 1 unspecified atom stereocenters. The third-order valence-corrected chi connectivity index (χ3v) is 5.43. The van der Waals surface area contributed by atoms with E-state index in [0.717, 1.165) is 24.1 Å². The molecule has 2 rings (SSSR count). The molecule has 4 nitrogen and oxygen atoms in total. The lowest BCUT2D eigenvalue weighted by Crippen LogP contribution is -2.34. The monoisotopic (exact) mass is 350 g/mol. The van der Waals surface area contributed by atoms with Gasteiger partial charge in [0.05, 0.1) is 4.90 Å². The van der Waals surface area contributed by atoms with E-state index in [-0.39, 0.29) is 17.5 Å². The van der Waals surface area contributed by atoms with Crippen molar-refractivity contribution < 1.29 is 12.8 Å². The molecule has 1 N–H and O–H groups in total. The average Bonchev–Trinajstić information content (AvgIpc) is 2.55. The molecule has 0 saturated carbocycles. The van der Waals surface area contributed by atoms with Crippen molar-refractivity contribution in [3.63, 3.8) is 0 Å². The van der Waals surface area contributed by atoms with Crippen LogP contribution in [0.25, 0.3) is 0 Å². The molecule has 24 heavy (non-hydrogen) atoms. The first-order valence-corrected chi connectivity index (χ1v) is 9.32. The maximum atomic E-state index is 13.0. The van der Waals surface area contributed by atoms with Crippen LogP contribution in [0.2, 0.25) is 0 Å². The van der Waals surface area contributed by atoms with Crippen molar-refractivity contribution in [3.8, 4) is 0 Å². The van der Waals surface area contributed by atoms with E-state index in [1.54, 1.807) is 0 Å². The summed E-state index contributed by atoms with van der Waals surface area (Å²) in [6.45, 7) is 2.33. The largest absolute Gasteiger partial charge is 0.301 e. The zero-order chi connectivity index (χ0) is 17.7. The van der Waals surface area contributed by atoms with Gasteiger partial charge in [0, 0.05) is 12.6 Å². The maximum Gasteiger partial charge on any atom is 0.240 e. The van der Waals surface area contributed by atoms with E-state index < -0.39 is 15.8 Å². The van der Waals surface area contributed by atoms with E-state index in [4.69, 9.17) is 0 Å². The first kappa shape index (κ1) is 18.6. The lowest BCUT2D eigenvalue weighted by atomic mass is 10.0. The van der Waals surface area contributed by atoms with Gasteiger partial charge in [-0.2, -0.15) is 0 Å². The van der Waals surface area contributed by atoms with Crippen molar-refractivity contribution in [1.82, 2.24) is 9.62 Å². The second-order valence-corrected chi connectivity index (χ2v) is 7.65. The summed E-state index contributed by atoms with van der Waals surface area (Å²) in [6.07, 6.45) is 0.962. The van der Waals surface area contributed by atoms with Crippen molar-refractivity contribution in [2.24, 2.45) is 0 Å². The van der Waals surface area contributed by atoms with Crippen LogP contribution in [0.5, 0.6) is 0 Å².